The third kappa shape index (κ3) is 4.05. The van der Waals surface area contributed by atoms with Gasteiger partial charge in [0.15, 0.2) is 0 Å². The fourth-order valence-electron chi connectivity index (χ4n) is 1.47. The molecule has 96 valence electrons. The first-order valence-corrected chi connectivity index (χ1v) is 8.19. The van der Waals surface area contributed by atoms with Gasteiger partial charge in [0, 0.05) is 17.9 Å². The smallest absolute Gasteiger partial charge is 0.229 e. The molecule has 0 radical (unpaired) electrons. The lowest BCUT2D eigenvalue weighted by molar-refractivity contribution is 0.607. The number of hydrogen-bond acceptors (Lipinski definition) is 4. The summed E-state index contributed by atoms with van der Waals surface area (Å²) < 4.78 is 24.5. The Morgan fingerprint density at radius 2 is 1.78 bits per heavy atom. The van der Waals surface area contributed by atoms with Crippen LogP contribution in [0.4, 0.5) is 11.4 Å². The van der Waals surface area contributed by atoms with Gasteiger partial charge in [-0.1, -0.05) is 0 Å². The average molecular weight is 282 g/mol. The molecule has 0 saturated carbocycles. The van der Waals surface area contributed by atoms with Crippen LogP contribution in [0.25, 0.3) is 0 Å². The molecule has 0 aliphatic heterocycles. The Bertz CT molecular complexity index is 590. The molecule has 0 bridgehead atoms. The standard InChI is InChI=1S/C12H14N2O2S2/c1-18(15,16)14-12-4-2-11(3-5-12)13-8-10-6-7-17-9-10/h2-7,9,13-14H,8H2,1H3. The highest BCUT2D eigenvalue weighted by Gasteiger charge is 2.01. The van der Waals surface area contributed by atoms with Crippen molar-refractivity contribution in [1.29, 1.82) is 0 Å². The maximum absolute atomic E-state index is 11.0. The number of anilines is 2. The van der Waals surface area contributed by atoms with Crippen LogP contribution in [-0.2, 0) is 16.6 Å². The molecule has 1 heterocycles. The van der Waals surface area contributed by atoms with E-state index in [-0.39, 0.29) is 0 Å². The van der Waals surface area contributed by atoms with E-state index in [1.165, 1.54) is 5.56 Å². The Morgan fingerprint density at radius 3 is 2.33 bits per heavy atom. The Morgan fingerprint density at radius 1 is 1.11 bits per heavy atom. The van der Waals surface area contributed by atoms with E-state index in [0.717, 1.165) is 18.5 Å². The molecule has 2 rings (SSSR count). The third-order valence-electron chi connectivity index (χ3n) is 2.26. The molecule has 0 saturated heterocycles. The summed E-state index contributed by atoms with van der Waals surface area (Å²) in [6.45, 7) is 0.766. The minimum Gasteiger partial charge on any atom is -0.381 e. The van der Waals surface area contributed by atoms with Crippen molar-refractivity contribution in [2.75, 3.05) is 16.3 Å². The van der Waals surface area contributed by atoms with Crippen LogP contribution >= 0.6 is 11.3 Å². The number of rotatable bonds is 5. The van der Waals surface area contributed by atoms with Gasteiger partial charge >= 0.3 is 0 Å². The minimum atomic E-state index is -3.21. The highest BCUT2D eigenvalue weighted by atomic mass is 32.2. The van der Waals surface area contributed by atoms with Gasteiger partial charge in [-0.3, -0.25) is 4.72 Å². The number of nitrogens with one attached hydrogen (secondary N) is 2. The summed E-state index contributed by atoms with van der Waals surface area (Å²) in [6, 6.07) is 9.23. The Labute approximate surface area is 111 Å². The predicted molar refractivity (Wildman–Crippen MR) is 76.6 cm³/mol. The van der Waals surface area contributed by atoms with E-state index in [4.69, 9.17) is 0 Å². The monoisotopic (exact) mass is 282 g/mol. The van der Waals surface area contributed by atoms with Crippen LogP contribution in [0.5, 0.6) is 0 Å². The van der Waals surface area contributed by atoms with Gasteiger partial charge in [0.1, 0.15) is 0 Å². The lowest BCUT2D eigenvalue weighted by Crippen LogP contribution is -2.09. The predicted octanol–water partition coefficient (Wildman–Crippen LogP) is 2.73. The van der Waals surface area contributed by atoms with Gasteiger partial charge in [-0.2, -0.15) is 11.3 Å². The topological polar surface area (TPSA) is 58.2 Å². The quantitative estimate of drug-likeness (QED) is 0.886. The maximum Gasteiger partial charge on any atom is 0.229 e. The number of sulfonamides is 1. The minimum absolute atomic E-state index is 0.568. The SMILES string of the molecule is CS(=O)(=O)Nc1ccc(NCc2ccsc2)cc1. The summed E-state index contributed by atoms with van der Waals surface area (Å²) in [4.78, 5) is 0. The number of benzene rings is 1. The zero-order valence-corrected chi connectivity index (χ0v) is 11.5. The van der Waals surface area contributed by atoms with Crippen molar-refractivity contribution >= 4 is 32.7 Å². The fraction of sp³-hybridized carbons (Fsp3) is 0.167. The van der Waals surface area contributed by atoms with Gasteiger partial charge < -0.3 is 5.32 Å². The zero-order chi connectivity index (χ0) is 13.0. The summed E-state index contributed by atoms with van der Waals surface area (Å²) in [5.41, 5.74) is 2.76. The third-order valence-corrected chi connectivity index (χ3v) is 3.60. The van der Waals surface area contributed by atoms with Crippen molar-refractivity contribution in [3.05, 3.63) is 46.7 Å². The second-order valence-corrected chi connectivity index (χ2v) is 6.47. The highest BCUT2D eigenvalue weighted by Crippen LogP contribution is 2.16. The van der Waals surface area contributed by atoms with Crippen molar-refractivity contribution in [1.82, 2.24) is 0 Å². The summed E-state index contributed by atoms with van der Waals surface area (Å²) in [5.74, 6) is 0. The lowest BCUT2D eigenvalue weighted by Gasteiger charge is -2.07. The van der Waals surface area contributed by atoms with E-state index in [1.807, 2.05) is 17.5 Å². The van der Waals surface area contributed by atoms with E-state index in [0.29, 0.717) is 5.69 Å². The largest absolute Gasteiger partial charge is 0.381 e. The first kappa shape index (κ1) is 12.9. The van der Waals surface area contributed by atoms with E-state index >= 15 is 0 Å². The Kier molecular flexibility index (Phi) is 3.88. The molecule has 0 aliphatic carbocycles. The van der Waals surface area contributed by atoms with Crippen LogP contribution < -0.4 is 10.0 Å². The molecule has 0 amide bonds. The normalized spacial score (nSPS) is 11.2. The first-order chi connectivity index (χ1) is 8.53. The van der Waals surface area contributed by atoms with Gasteiger partial charge in [-0.25, -0.2) is 8.42 Å². The second kappa shape index (κ2) is 5.41. The van der Waals surface area contributed by atoms with Gasteiger partial charge in [0.05, 0.1) is 6.26 Å². The lowest BCUT2D eigenvalue weighted by atomic mass is 10.2. The zero-order valence-electron chi connectivity index (χ0n) is 9.88. The maximum atomic E-state index is 11.0. The molecular weight excluding hydrogens is 268 g/mol. The second-order valence-electron chi connectivity index (χ2n) is 3.94. The van der Waals surface area contributed by atoms with Gasteiger partial charge in [0.2, 0.25) is 10.0 Å². The molecule has 0 unspecified atom stereocenters. The summed E-state index contributed by atoms with van der Waals surface area (Å²) in [7, 11) is -3.21. The van der Waals surface area contributed by atoms with Crippen LogP contribution in [0, 0.1) is 0 Å². The van der Waals surface area contributed by atoms with Crippen molar-refractivity contribution in [2.24, 2.45) is 0 Å². The molecule has 0 fully saturated rings. The van der Waals surface area contributed by atoms with Crippen molar-refractivity contribution in [2.45, 2.75) is 6.54 Å². The summed E-state index contributed by atoms with van der Waals surface area (Å²) >= 11 is 1.67. The van der Waals surface area contributed by atoms with Crippen molar-refractivity contribution in [3.63, 3.8) is 0 Å². The van der Waals surface area contributed by atoms with Crippen LogP contribution in [0.3, 0.4) is 0 Å². The van der Waals surface area contributed by atoms with Gasteiger partial charge in [0.25, 0.3) is 0 Å². The molecule has 0 spiro atoms. The summed E-state index contributed by atoms with van der Waals surface area (Å²) in [5, 5.41) is 7.39. The molecule has 18 heavy (non-hydrogen) atoms. The van der Waals surface area contributed by atoms with E-state index < -0.39 is 10.0 Å². The molecule has 0 aliphatic rings. The number of thiophene rings is 1. The average Bonchev–Trinajstić information content (AvgIpc) is 2.79. The van der Waals surface area contributed by atoms with Crippen LogP contribution in [0.15, 0.2) is 41.1 Å². The van der Waals surface area contributed by atoms with Crippen LogP contribution in [0.1, 0.15) is 5.56 Å². The molecule has 0 atom stereocenters. The summed E-state index contributed by atoms with van der Waals surface area (Å²) in [6.07, 6.45) is 1.13. The molecule has 2 aromatic rings. The van der Waals surface area contributed by atoms with E-state index in [9.17, 15) is 8.42 Å². The molecule has 2 N–H and O–H groups in total. The van der Waals surface area contributed by atoms with Crippen LogP contribution in [0.2, 0.25) is 0 Å². The Hall–Kier alpha value is -1.53. The molecule has 1 aromatic carbocycles. The van der Waals surface area contributed by atoms with E-state index in [1.54, 1.807) is 23.5 Å². The number of hydrogen-bond donors (Lipinski definition) is 2. The highest BCUT2D eigenvalue weighted by molar-refractivity contribution is 7.92. The van der Waals surface area contributed by atoms with Gasteiger partial charge in [-0.15, -0.1) is 0 Å². The fourth-order valence-corrected chi connectivity index (χ4v) is 2.70. The van der Waals surface area contributed by atoms with Crippen molar-refractivity contribution < 1.29 is 8.42 Å². The molecule has 6 heteroatoms. The molecular formula is C12H14N2O2S2. The van der Waals surface area contributed by atoms with Crippen LogP contribution in [-0.4, -0.2) is 14.7 Å². The van der Waals surface area contributed by atoms with Crippen molar-refractivity contribution in [3.8, 4) is 0 Å². The first-order valence-electron chi connectivity index (χ1n) is 5.36. The van der Waals surface area contributed by atoms with E-state index in [2.05, 4.69) is 21.5 Å². The Balaban J connectivity index is 1.95. The molecule has 4 nitrogen and oxygen atoms in total. The van der Waals surface area contributed by atoms with Gasteiger partial charge in [-0.05, 0) is 46.7 Å². The molecule has 1 aromatic heterocycles.